The number of rotatable bonds is 7. The molecule has 0 aliphatic heterocycles. The van der Waals surface area contributed by atoms with Crippen LogP contribution in [0.3, 0.4) is 0 Å². The summed E-state index contributed by atoms with van der Waals surface area (Å²) >= 11 is 0. The number of methoxy groups -OCH3 is 1. The van der Waals surface area contributed by atoms with Crippen molar-refractivity contribution in [1.29, 1.82) is 0 Å². The first-order valence-corrected chi connectivity index (χ1v) is 7.02. The fraction of sp³-hybridized carbons (Fsp3) is 0.500. The number of amides is 1. The monoisotopic (exact) mass is 292 g/mol. The summed E-state index contributed by atoms with van der Waals surface area (Å²) in [6.45, 7) is 3.73. The fourth-order valence-electron chi connectivity index (χ4n) is 1.89. The lowest BCUT2D eigenvalue weighted by Crippen LogP contribution is -2.44. The number of benzene rings is 1. The number of nitrogens with one attached hydrogen (secondary N) is 1. The summed E-state index contributed by atoms with van der Waals surface area (Å²) in [4.78, 5) is 23.7. The summed E-state index contributed by atoms with van der Waals surface area (Å²) in [7, 11) is 1.31. The lowest BCUT2D eigenvalue weighted by atomic mass is 9.99. The van der Waals surface area contributed by atoms with Crippen LogP contribution in [0.5, 0.6) is 0 Å². The van der Waals surface area contributed by atoms with Crippen LogP contribution in [0.2, 0.25) is 0 Å². The molecule has 116 valence electrons. The van der Waals surface area contributed by atoms with Crippen LogP contribution in [0, 0.1) is 0 Å². The molecule has 21 heavy (non-hydrogen) atoms. The highest BCUT2D eigenvalue weighted by Gasteiger charge is 2.22. The summed E-state index contributed by atoms with van der Waals surface area (Å²) in [5.74, 6) is -0.640. The molecule has 0 heterocycles. The maximum atomic E-state index is 11.9. The SMILES string of the molecule is COC(=O)C(Cc1ccccc1)NC(=O)CCC(C)(C)N. The first-order valence-electron chi connectivity index (χ1n) is 7.02. The molecule has 0 fully saturated rings. The van der Waals surface area contributed by atoms with Crippen molar-refractivity contribution in [3.05, 3.63) is 35.9 Å². The van der Waals surface area contributed by atoms with Gasteiger partial charge < -0.3 is 15.8 Å². The highest BCUT2D eigenvalue weighted by atomic mass is 16.5. The first-order chi connectivity index (χ1) is 9.81. The van der Waals surface area contributed by atoms with E-state index >= 15 is 0 Å². The number of ether oxygens (including phenoxy) is 1. The molecule has 1 amide bonds. The lowest BCUT2D eigenvalue weighted by Gasteiger charge is -2.20. The van der Waals surface area contributed by atoms with Crippen molar-refractivity contribution in [2.45, 2.75) is 44.7 Å². The van der Waals surface area contributed by atoms with E-state index in [1.807, 2.05) is 44.2 Å². The maximum Gasteiger partial charge on any atom is 0.328 e. The van der Waals surface area contributed by atoms with Crippen LogP contribution >= 0.6 is 0 Å². The quantitative estimate of drug-likeness (QED) is 0.744. The molecule has 1 aromatic carbocycles. The van der Waals surface area contributed by atoms with Gasteiger partial charge in [0, 0.05) is 18.4 Å². The van der Waals surface area contributed by atoms with Crippen molar-refractivity contribution < 1.29 is 14.3 Å². The van der Waals surface area contributed by atoms with Gasteiger partial charge in [0.1, 0.15) is 6.04 Å². The van der Waals surface area contributed by atoms with Gasteiger partial charge in [-0.1, -0.05) is 30.3 Å². The molecule has 0 saturated heterocycles. The van der Waals surface area contributed by atoms with Gasteiger partial charge in [0.05, 0.1) is 7.11 Å². The minimum absolute atomic E-state index is 0.195. The van der Waals surface area contributed by atoms with Gasteiger partial charge in [0.2, 0.25) is 5.91 Å². The van der Waals surface area contributed by atoms with Crippen LogP contribution in [0.4, 0.5) is 0 Å². The summed E-state index contributed by atoms with van der Waals surface area (Å²) in [5, 5.41) is 2.72. The Morgan fingerprint density at radius 3 is 2.43 bits per heavy atom. The average molecular weight is 292 g/mol. The Morgan fingerprint density at radius 2 is 1.90 bits per heavy atom. The third-order valence-electron chi connectivity index (χ3n) is 3.10. The van der Waals surface area contributed by atoms with Gasteiger partial charge in [-0.2, -0.15) is 0 Å². The van der Waals surface area contributed by atoms with Crippen LogP contribution in [0.25, 0.3) is 0 Å². The Bertz CT molecular complexity index is 466. The van der Waals surface area contributed by atoms with Gasteiger partial charge in [-0.05, 0) is 25.8 Å². The van der Waals surface area contributed by atoms with E-state index in [1.54, 1.807) is 0 Å². The molecule has 5 nitrogen and oxygen atoms in total. The van der Waals surface area contributed by atoms with Crippen LogP contribution in [-0.2, 0) is 20.7 Å². The molecule has 0 aliphatic carbocycles. The van der Waals surface area contributed by atoms with Crippen LogP contribution in [0.1, 0.15) is 32.3 Å². The van der Waals surface area contributed by atoms with E-state index in [9.17, 15) is 9.59 Å². The van der Waals surface area contributed by atoms with Gasteiger partial charge in [0.25, 0.3) is 0 Å². The molecule has 1 atom stereocenters. The van der Waals surface area contributed by atoms with E-state index in [1.165, 1.54) is 7.11 Å². The molecule has 0 saturated carbocycles. The fourth-order valence-corrected chi connectivity index (χ4v) is 1.89. The number of carbonyl (C=O) groups excluding carboxylic acids is 2. The number of hydrogen-bond acceptors (Lipinski definition) is 4. The smallest absolute Gasteiger partial charge is 0.328 e. The van der Waals surface area contributed by atoms with Crippen LogP contribution in [-0.4, -0.2) is 30.6 Å². The molecule has 5 heteroatoms. The van der Waals surface area contributed by atoms with Gasteiger partial charge >= 0.3 is 5.97 Å². The molecule has 1 unspecified atom stereocenters. The Hall–Kier alpha value is -1.88. The van der Waals surface area contributed by atoms with Crippen molar-refractivity contribution >= 4 is 11.9 Å². The molecule has 0 radical (unpaired) electrons. The predicted octanol–water partition coefficient (Wildman–Crippen LogP) is 1.40. The minimum atomic E-state index is -0.675. The van der Waals surface area contributed by atoms with Gasteiger partial charge in [-0.25, -0.2) is 4.79 Å². The largest absolute Gasteiger partial charge is 0.467 e. The first kappa shape index (κ1) is 17.2. The Morgan fingerprint density at radius 1 is 1.29 bits per heavy atom. The number of esters is 1. The molecule has 3 N–H and O–H groups in total. The second-order valence-corrected chi connectivity index (χ2v) is 5.82. The van der Waals surface area contributed by atoms with Crippen LogP contribution in [0.15, 0.2) is 30.3 Å². The minimum Gasteiger partial charge on any atom is -0.467 e. The van der Waals surface area contributed by atoms with Gasteiger partial charge in [0.15, 0.2) is 0 Å². The normalized spacial score (nSPS) is 12.6. The van der Waals surface area contributed by atoms with Gasteiger partial charge in [-0.15, -0.1) is 0 Å². The summed E-state index contributed by atoms with van der Waals surface area (Å²) in [5.41, 5.74) is 6.41. The number of carbonyl (C=O) groups is 2. The average Bonchev–Trinajstić information content (AvgIpc) is 2.44. The standard InChI is InChI=1S/C16H24N2O3/c1-16(2,17)10-9-14(19)18-13(15(20)21-3)11-12-7-5-4-6-8-12/h4-8,13H,9-11,17H2,1-3H3,(H,18,19). The van der Waals surface area contributed by atoms with E-state index < -0.39 is 17.6 Å². The Kier molecular flexibility index (Phi) is 6.37. The third-order valence-corrected chi connectivity index (χ3v) is 3.10. The zero-order valence-electron chi connectivity index (χ0n) is 12.9. The predicted molar refractivity (Wildman–Crippen MR) is 81.6 cm³/mol. The van der Waals surface area contributed by atoms with Crippen LogP contribution < -0.4 is 11.1 Å². The molecule has 0 spiro atoms. The molecular formula is C16H24N2O3. The topological polar surface area (TPSA) is 81.4 Å². The summed E-state index contributed by atoms with van der Waals surface area (Å²) in [6, 6.07) is 8.82. The summed E-state index contributed by atoms with van der Waals surface area (Å²) in [6.07, 6.45) is 1.25. The van der Waals surface area contributed by atoms with Crippen molar-refractivity contribution in [3.63, 3.8) is 0 Å². The second-order valence-electron chi connectivity index (χ2n) is 5.82. The van der Waals surface area contributed by atoms with Crippen molar-refractivity contribution in [2.75, 3.05) is 7.11 Å². The van der Waals surface area contributed by atoms with E-state index in [4.69, 9.17) is 10.5 Å². The zero-order valence-corrected chi connectivity index (χ0v) is 12.9. The third kappa shape index (κ3) is 6.90. The Labute approximate surface area is 125 Å². The number of nitrogens with two attached hydrogens (primary N) is 1. The van der Waals surface area contributed by atoms with Crippen molar-refractivity contribution in [1.82, 2.24) is 5.32 Å². The molecule has 0 aliphatic rings. The number of hydrogen-bond donors (Lipinski definition) is 2. The summed E-state index contributed by atoms with van der Waals surface area (Å²) < 4.78 is 4.75. The van der Waals surface area contributed by atoms with Gasteiger partial charge in [-0.3, -0.25) is 4.79 Å². The second kappa shape index (κ2) is 7.78. The van der Waals surface area contributed by atoms with Crippen molar-refractivity contribution in [2.24, 2.45) is 5.73 Å². The lowest BCUT2D eigenvalue weighted by molar-refractivity contribution is -0.145. The highest BCUT2D eigenvalue weighted by Crippen LogP contribution is 2.08. The maximum absolute atomic E-state index is 11.9. The molecule has 0 bridgehead atoms. The van der Waals surface area contributed by atoms with Crippen molar-refractivity contribution in [3.8, 4) is 0 Å². The van der Waals surface area contributed by atoms with E-state index in [2.05, 4.69) is 5.32 Å². The zero-order chi connectivity index (χ0) is 15.9. The molecule has 1 rings (SSSR count). The molecule has 0 aromatic heterocycles. The van der Waals surface area contributed by atoms with E-state index in [0.717, 1.165) is 5.56 Å². The Balaban J connectivity index is 2.62. The molecular weight excluding hydrogens is 268 g/mol. The van der Waals surface area contributed by atoms with E-state index in [-0.39, 0.29) is 12.3 Å². The molecule has 1 aromatic rings. The highest BCUT2D eigenvalue weighted by molar-refractivity contribution is 5.84. The van der Waals surface area contributed by atoms with E-state index in [0.29, 0.717) is 12.8 Å².